The number of carbonyl (C=O) groups is 2. The van der Waals surface area contributed by atoms with E-state index in [2.05, 4.69) is 20.8 Å². The molecule has 20 heavy (non-hydrogen) atoms. The van der Waals surface area contributed by atoms with Crippen LogP contribution in [-0.2, 0) is 14.3 Å². The van der Waals surface area contributed by atoms with Gasteiger partial charge in [0, 0.05) is 18.8 Å². The lowest BCUT2D eigenvalue weighted by Crippen LogP contribution is -2.20. The van der Waals surface area contributed by atoms with Crippen LogP contribution in [0, 0.1) is 17.8 Å². The van der Waals surface area contributed by atoms with E-state index < -0.39 is 0 Å². The Morgan fingerprint density at radius 3 is 2.75 bits per heavy atom. The van der Waals surface area contributed by atoms with Crippen molar-refractivity contribution in [2.45, 2.75) is 72.1 Å². The van der Waals surface area contributed by atoms with Gasteiger partial charge >= 0.3 is 5.97 Å². The van der Waals surface area contributed by atoms with E-state index in [1.807, 2.05) is 0 Å². The van der Waals surface area contributed by atoms with E-state index in [1.54, 1.807) is 0 Å². The third kappa shape index (κ3) is 5.64. The third-order valence-electron chi connectivity index (χ3n) is 4.52. The molecule has 3 heteroatoms. The van der Waals surface area contributed by atoms with Gasteiger partial charge in [0.15, 0.2) is 0 Å². The number of carbonyl (C=O) groups excluding carboxylic acids is 2. The Morgan fingerprint density at radius 2 is 2.10 bits per heavy atom. The molecule has 0 aromatic carbocycles. The lowest BCUT2D eigenvalue weighted by Gasteiger charge is -2.18. The molecule has 0 radical (unpaired) electrons. The SMILES string of the molecule is CCCCCC1C(=O)CCC1CC(=O)OCC(C)CC. The van der Waals surface area contributed by atoms with Crippen molar-refractivity contribution in [3.8, 4) is 0 Å². The van der Waals surface area contributed by atoms with Crippen LogP contribution < -0.4 is 0 Å². The van der Waals surface area contributed by atoms with Crippen LogP contribution in [0.1, 0.15) is 72.1 Å². The van der Waals surface area contributed by atoms with Gasteiger partial charge in [-0.15, -0.1) is 0 Å². The van der Waals surface area contributed by atoms with Crippen molar-refractivity contribution in [1.82, 2.24) is 0 Å². The maximum absolute atomic E-state index is 11.9. The molecule has 116 valence electrons. The van der Waals surface area contributed by atoms with Gasteiger partial charge in [-0.05, 0) is 24.7 Å². The summed E-state index contributed by atoms with van der Waals surface area (Å²) in [7, 11) is 0. The predicted molar refractivity (Wildman–Crippen MR) is 80.4 cm³/mol. The molecule has 1 saturated carbocycles. The average Bonchev–Trinajstić information content (AvgIpc) is 2.77. The minimum atomic E-state index is -0.120. The summed E-state index contributed by atoms with van der Waals surface area (Å²) in [5.41, 5.74) is 0. The summed E-state index contributed by atoms with van der Waals surface area (Å²) in [6.45, 7) is 6.86. The number of ether oxygens (including phenoxy) is 1. The predicted octanol–water partition coefficient (Wildman–Crippen LogP) is 4.14. The Labute approximate surface area is 123 Å². The Balaban J connectivity index is 2.36. The summed E-state index contributed by atoms with van der Waals surface area (Å²) in [5.74, 6) is 0.998. The van der Waals surface area contributed by atoms with Crippen LogP contribution in [0.25, 0.3) is 0 Å². The fourth-order valence-corrected chi connectivity index (χ4v) is 2.86. The minimum absolute atomic E-state index is 0.109. The summed E-state index contributed by atoms with van der Waals surface area (Å²) >= 11 is 0. The molecule has 0 aliphatic heterocycles. The standard InChI is InChI=1S/C17H30O3/c1-4-6-7-8-15-14(9-10-16(15)18)11-17(19)20-12-13(3)5-2/h13-15H,4-12H2,1-3H3. The lowest BCUT2D eigenvalue weighted by molar-refractivity contribution is -0.146. The van der Waals surface area contributed by atoms with Crippen LogP contribution in [0.3, 0.4) is 0 Å². The second kappa shape index (κ2) is 9.15. The fraction of sp³-hybridized carbons (Fsp3) is 0.882. The van der Waals surface area contributed by atoms with Gasteiger partial charge < -0.3 is 4.74 Å². The van der Waals surface area contributed by atoms with Crippen LogP contribution in [0.4, 0.5) is 0 Å². The van der Waals surface area contributed by atoms with E-state index in [1.165, 1.54) is 12.8 Å². The first-order chi connectivity index (χ1) is 9.58. The zero-order chi connectivity index (χ0) is 15.0. The van der Waals surface area contributed by atoms with Crippen molar-refractivity contribution in [2.75, 3.05) is 6.61 Å². The molecule has 3 atom stereocenters. The molecule has 3 nitrogen and oxygen atoms in total. The van der Waals surface area contributed by atoms with E-state index in [0.717, 1.165) is 25.7 Å². The van der Waals surface area contributed by atoms with Crippen molar-refractivity contribution in [2.24, 2.45) is 17.8 Å². The molecule has 1 fully saturated rings. The van der Waals surface area contributed by atoms with Crippen molar-refractivity contribution in [3.63, 3.8) is 0 Å². The topological polar surface area (TPSA) is 43.4 Å². The number of hydrogen-bond acceptors (Lipinski definition) is 3. The normalized spacial score (nSPS) is 23.9. The fourth-order valence-electron chi connectivity index (χ4n) is 2.86. The molecule has 0 amide bonds. The van der Waals surface area contributed by atoms with E-state index in [9.17, 15) is 9.59 Å². The van der Waals surface area contributed by atoms with E-state index in [0.29, 0.717) is 31.1 Å². The highest BCUT2D eigenvalue weighted by atomic mass is 16.5. The molecule has 1 rings (SSSR count). The molecular weight excluding hydrogens is 252 g/mol. The molecule has 0 saturated heterocycles. The first kappa shape index (κ1) is 17.2. The van der Waals surface area contributed by atoms with E-state index in [4.69, 9.17) is 4.74 Å². The van der Waals surface area contributed by atoms with Crippen LogP contribution in [0.5, 0.6) is 0 Å². The van der Waals surface area contributed by atoms with Gasteiger partial charge in [0.1, 0.15) is 5.78 Å². The molecule has 0 spiro atoms. The summed E-state index contributed by atoms with van der Waals surface area (Å²) in [5, 5.41) is 0. The number of rotatable bonds is 9. The smallest absolute Gasteiger partial charge is 0.306 e. The highest BCUT2D eigenvalue weighted by molar-refractivity contribution is 5.84. The molecular formula is C17H30O3. The maximum Gasteiger partial charge on any atom is 0.306 e. The second-order valence-corrected chi connectivity index (χ2v) is 6.27. The van der Waals surface area contributed by atoms with E-state index in [-0.39, 0.29) is 17.8 Å². The van der Waals surface area contributed by atoms with Crippen molar-refractivity contribution < 1.29 is 14.3 Å². The number of ketones is 1. The van der Waals surface area contributed by atoms with Gasteiger partial charge in [-0.3, -0.25) is 9.59 Å². The summed E-state index contributed by atoms with van der Waals surface area (Å²) in [6.07, 6.45) is 7.38. The summed E-state index contributed by atoms with van der Waals surface area (Å²) < 4.78 is 5.32. The number of hydrogen-bond donors (Lipinski definition) is 0. The zero-order valence-electron chi connectivity index (χ0n) is 13.3. The lowest BCUT2D eigenvalue weighted by atomic mass is 9.88. The first-order valence-corrected chi connectivity index (χ1v) is 8.26. The Morgan fingerprint density at radius 1 is 1.35 bits per heavy atom. The van der Waals surface area contributed by atoms with Gasteiger partial charge in [0.25, 0.3) is 0 Å². The molecule has 3 unspecified atom stereocenters. The van der Waals surface area contributed by atoms with Crippen LogP contribution >= 0.6 is 0 Å². The average molecular weight is 282 g/mol. The highest BCUT2D eigenvalue weighted by Crippen LogP contribution is 2.35. The van der Waals surface area contributed by atoms with E-state index >= 15 is 0 Å². The summed E-state index contributed by atoms with van der Waals surface area (Å²) in [6, 6.07) is 0. The van der Waals surface area contributed by atoms with Crippen molar-refractivity contribution in [1.29, 1.82) is 0 Å². The Bertz CT molecular complexity index is 311. The Hall–Kier alpha value is -0.860. The van der Waals surface area contributed by atoms with Gasteiger partial charge in [0.2, 0.25) is 0 Å². The quantitative estimate of drug-likeness (QED) is 0.471. The summed E-state index contributed by atoms with van der Waals surface area (Å²) in [4.78, 5) is 23.8. The van der Waals surface area contributed by atoms with Crippen LogP contribution in [-0.4, -0.2) is 18.4 Å². The molecule has 0 aromatic rings. The molecule has 0 N–H and O–H groups in total. The minimum Gasteiger partial charge on any atom is -0.465 e. The van der Waals surface area contributed by atoms with Crippen LogP contribution in [0.15, 0.2) is 0 Å². The molecule has 1 aliphatic carbocycles. The second-order valence-electron chi connectivity index (χ2n) is 6.27. The first-order valence-electron chi connectivity index (χ1n) is 8.26. The van der Waals surface area contributed by atoms with Gasteiger partial charge in [-0.25, -0.2) is 0 Å². The monoisotopic (exact) mass is 282 g/mol. The van der Waals surface area contributed by atoms with Crippen LogP contribution in [0.2, 0.25) is 0 Å². The van der Waals surface area contributed by atoms with Crippen molar-refractivity contribution in [3.05, 3.63) is 0 Å². The maximum atomic E-state index is 11.9. The van der Waals surface area contributed by atoms with Crippen molar-refractivity contribution >= 4 is 11.8 Å². The number of unbranched alkanes of at least 4 members (excludes halogenated alkanes) is 2. The largest absolute Gasteiger partial charge is 0.465 e. The zero-order valence-corrected chi connectivity index (χ0v) is 13.3. The van der Waals surface area contributed by atoms with Gasteiger partial charge in [0.05, 0.1) is 6.61 Å². The Kier molecular flexibility index (Phi) is 7.86. The molecule has 0 heterocycles. The molecule has 1 aliphatic rings. The third-order valence-corrected chi connectivity index (χ3v) is 4.52. The molecule has 0 aromatic heterocycles. The van der Waals surface area contributed by atoms with Gasteiger partial charge in [-0.1, -0.05) is 46.5 Å². The highest BCUT2D eigenvalue weighted by Gasteiger charge is 2.35. The number of Topliss-reactive ketones (excluding diaryl/α,β-unsaturated/α-hetero) is 1. The number of esters is 1. The molecule has 0 bridgehead atoms. The van der Waals surface area contributed by atoms with Gasteiger partial charge in [-0.2, -0.15) is 0 Å².